The first kappa shape index (κ1) is 99.0. The summed E-state index contributed by atoms with van der Waals surface area (Å²) in [5.74, 6) is -21.0. The van der Waals surface area contributed by atoms with Crippen LogP contribution < -0.4 is 86.3 Å². The number of carbonyl (C=O) groups is 16. The van der Waals surface area contributed by atoms with Crippen molar-refractivity contribution in [3.8, 4) is 5.75 Å². The fourth-order valence-electron chi connectivity index (χ4n) is 12.6. The first-order chi connectivity index (χ1) is 57.1. The lowest BCUT2D eigenvalue weighted by atomic mass is 10.0. The summed E-state index contributed by atoms with van der Waals surface area (Å²) in [5, 5.41) is 84.2. The number of nitrogens with zero attached hydrogens (tertiary/aromatic N) is 1. The van der Waals surface area contributed by atoms with E-state index in [4.69, 9.17) is 17.2 Å². The Hall–Kier alpha value is -12.6. The number of phenols is 1. The lowest BCUT2D eigenvalue weighted by Gasteiger charge is -2.29. The number of carboxylic acids is 1. The molecule has 5 aromatic rings. The molecular weight excluding hydrogens is 1590 g/mol. The molecule has 0 saturated heterocycles. The summed E-state index contributed by atoms with van der Waals surface area (Å²) in [6, 6.07) is -7.40. The fourth-order valence-corrected chi connectivity index (χ4v) is 12.6. The van der Waals surface area contributed by atoms with Crippen LogP contribution in [0.3, 0.4) is 0 Å². The number of H-pyrrole nitrogens is 2. The number of hydrogen-bond acceptors (Lipinski definition) is 22. The van der Waals surface area contributed by atoms with Crippen LogP contribution >= 0.6 is 0 Å². The van der Waals surface area contributed by atoms with E-state index in [-0.39, 0.29) is 60.7 Å². The topological polar surface area (TPSA) is 653 Å². The van der Waals surface area contributed by atoms with Crippen LogP contribution in [-0.2, 0) is 102 Å². The van der Waals surface area contributed by atoms with Crippen molar-refractivity contribution in [2.24, 2.45) is 29.0 Å². The van der Waals surface area contributed by atoms with Crippen LogP contribution in [0.15, 0.2) is 85.5 Å². The summed E-state index contributed by atoms with van der Waals surface area (Å²) >= 11 is 0. The number of aromatic nitrogens is 3. The number of nitrogens with one attached hydrogen (secondary N) is 15. The maximum absolute atomic E-state index is 15.3. The van der Waals surface area contributed by atoms with Crippen LogP contribution in [0.5, 0.6) is 5.75 Å². The molecule has 5 rings (SSSR count). The van der Waals surface area contributed by atoms with Crippen molar-refractivity contribution in [2.75, 3.05) is 13.2 Å². The highest BCUT2D eigenvalue weighted by Crippen LogP contribution is 2.22. The van der Waals surface area contributed by atoms with Crippen LogP contribution in [0.4, 0.5) is 8.78 Å². The molecule has 2 aromatic heterocycles. The number of imidazole rings is 1. The molecule has 15 atom stereocenters. The minimum absolute atomic E-state index is 0.0727. The third-order valence-electron chi connectivity index (χ3n) is 19.0. The lowest BCUT2D eigenvalue weighted by molar-refractivity contribution is -0.139. The SMILES string of the molecule is CC(=O)N[C@@H](CC(C)C)C(=O)N[C@H](C(=O)N[C@@H](Cc1ccc(F)c(F)c1)C(=O)N[C@@H](CCC(=O)O)C(=O)N[C@@H](Cc1c[nH]cn1)C(=O)N[C@@H](Cc1ccc(O)cc1)C(=O)N[C@@H](Cc1c[nH]c2ccccc12)C(=O)N[C@@H](C)C(=O)N[C@@H](CCC(N)=O)C(=O)N[C@@H](CC(C)C)C(=O)N[C@H](C(=O)N[C@@H](CO)C(=O)N[C@@H](CCCCN)C(N)=O)[C@@H](C)O)[C@@H](C)O. The predicted octanol–water partition coefficient (Wildman–Crippen LogP) is -3.92. The molecule has 3 aromatic carbocycles. The van der Waals surface area contributed by atoms with Crippen LogP contribution in [0.25, 0.3) is 10.9 Å². The van der Waals surface area contributed by atoms with Gasteiger partial charge < -0.3 is 122 Å². The molecular formula is C79H111F2N19O21. The number of unbranched alkanes of at least 4 members (excludes halogenated alkanes) is 1. The molecule has 0 spiro atoms. The first-order valence-corrected chi connectivity index (χ1v) is 39.2. The Morgan fingerprint density at radius 3 is 1.40 bits per heavy atom. The standard InChI is InChI=1S/C79H111F2N19O21/c1-38(2)27-56(89-43(8)104)75(117)99-65(41(6)102)78(120)97-59(31-45-18-21-50(80)51(81)29-45)72(114)92-55(23-25-64(107)108)70(112)96-61(33-47-35-85-37-87-47)74(116)94-58(30-44-16-19-48(105)20-17-44)73(115)95-60(32-46-34-86-52-14-10-9-13-49(46)52)71(113)88-40(5)68(110)91-54(22-24-63(83)106)69(111)93-57(28-39(3)4)76(118)100-66(42(7)103)79(121)98-62(36-101)77(119)90-53(67(84)109)15-11-12-26-82/h9-10,13-14,16-21,29,34-35,37-42,53-62,65-66,86,101-103,105H,11-12,15,22-28,30-33,36,82H2,1-8H3,(H2,83,106)(H2,84,109)(H,85,87)(H,88,113)(H,89,104)(H,90,119)(H,91,110)(H,92,114)(H,93,111)(H,94,116)(H,95,115)(H,96,112)(H,97,120)(H,98,121)(H,99,117)(H,100,118)(H,107,108)/t40-,41+,42+,53-,54-,55-,56-,57-,58-,59-,60-,61-,62-,65-,66-/m0/s1. The number of aromatic amines is 2. The number of aliphatic hydroxyl groups excluding tert-OH is 3. The Bertz CT molecular complexity index is 4420. The molecule has 0 unspecified atom stereocenters. The van der Waals surface area contributed by atoms with Gasteiger partial charge in [-0.2, -0.15) is 0 Å². The summed E-state index contributed by atoms with van der Waals surface area (Å²) in [5.41, 5.74) is 17.8. The van der Waals surface area contributed by atoms with Crippen molar-refractivity contribution in [1.29, 1.82) is 0 Å². The summed E-state index contributed by atoms with van der Waals surface area (Å²) < 4.78 is 29.1. The molecule has 42 heteroatoms. The van der Waals surface area contributed by atoms with Gasteiger partial charge in [-0.3, -0.25) is 76.7 Å². The zero-order valence-electron chi connectivity index (χ0n) is 68.2. The number of nitrogens with two attached hydrogens (primary N) is 3. The molecule has 0 fully saturated rings. The van der Waals surface area contributed by atoms with Gasteiger partial charge in [-0.25, -0.2) is 13.8 Å². The Labute approximate surface area is 694 Å². The number of benzene rings is 3. The van der Waals surface area contributed by atoms with Gasteiger partial charge in [-0.15, -0.1) is 0 Å². The number of carboxylic acid groups (broad SMARTS) is 1. The van der Waals surface area contributed by atoms with E-state index in [1.807, 2.05) is 0 Å². The second kappa shape index (κ2) is 48.5. The highest BCUT2D eigenvalue weighted by molar-refractivity contribution is 6.01. The number of fused-ring (bicyclic) bond motifs is 1. The molecule has 121 heavy (non-hydrogen) atoms. The van der Waals surface area contributed by atoms with E-state index in [2.05, 4.69) is 84.1 Å². The Balaban J connectivity index is 1.46. The van der Waals surface area contributed by atoms with Crippen molar-refractivity contribution < 1.29 is 111 Å². The number of aromatic hydroxyl groups is 1. The maximum Gasteiger partial charge on any atom is 0.303 e. The number of phenolic OH excluding ortho intramolecular Hbond substituents is 1. The second-order valence-electron chi connectivity index (χ2n) is 30.2. The summed E-state index contributed by atoms with van der Waals surface area (Å²) in [4.78, 5) is 231. The van der Waals surface area contributed by atoms with Crippen molar-refractivity contribution >= 4 is 105 Å². The van der Waals surface area contributed by atoms with Gasteiger partial charge in [0.2, 0.25) is 88.6 Å². The van der Waals surface area contributed by atoms with E-state index in [0.29, 0.717) is 41.4 Å². The van der Waals surface area contributed by atoms with E-state index in [1.54, 1.807) is 52.0 Å². The fraction of sp³-hybridized carbons (Fsp3) is 0.506. The predicted molar refractivity (Wildman–Crippen MR) is 429 cm³/mol. The first-order valence-electron chi connectivity index (χ1n) is 39.2. The summed E-state index contributed by atoms with van der Waals surface area (Å²) in [6.45, 7) is 10.6. The van der Waals surface area contributed by atoms with Crippen LogP contribution in [0.1, 0.15) is 136 Å². The van der Waals surface area contributed by atoms with Gasteiger partial charge in [0, 0.05) is 68.7 Å². The van der Waals surface area contributed by atoms with E-state index >= 15 is 9.59 Å². The Morgan fingerprint density at radius 2 is 0.909 bits per heavy atom. The van der Waals surface area contributed by atoms with Gasteiger partial charge >= 0.3 is 5.97 Å². The quantitative estimate of drug-likeness (QED) is 0.0165. The average molecular weight is 1700 g/mol. The molecule has 26 N–H and O–H groups in total. The molecule has 0 aliphatic carbocycles. The molecule has 0 aliphatic rings. The summed E-state index contributed by atoms with van der Waals surface area (Å²) in [7, 11) is 0. The third kappa shape index (κ3) is 32.9. The van der Waals surface area contributed by atoms with Crippen LogP contribution in [-0.4, -0.2) is 239 Å². The average Bonchev–Trinajstić information content (AvgIpc) is 1.55. The molecule has 662 valence electrons. The Kier molecular flexibility index (Phi) is 39.7. The monoisotopic (exact) mass is 1700 g/mol. The molecule has 40 nitrogen and oxygen atoms in total. The van der Waals surface area contributed by atoms with Gasteiger partial charge in [0.05, 0.1) is 30.8 Å². The number of halogens is 2. The van der Waals surface area contributed by atoms with Crippen molar-refractivity contribution in [2.45, 2.75) is 230 Å². The van der Waals surface area contributed by atoms with Gasteiger partial charge in [-0.1, -0.05) is 64.1 Å². The van der Waals surface area contributed by atoms with Gasteiger partial charge in [0.1, 0.15) is 84.3 Å². The third-order valence-corrected chi connectivity index (χ3v) is 19.0. The number of aliphatic hydroxyl groups is 3. The molecule has 0 aliphatic heterocycles. The van der Waals surface area contributed by atoms with Gasteiger partial charge in [0.25, 0.3) is 0 Å². The second-order valence-corrected chi connectivity index (χ2v) is 30.2. The molecule has 0 saturated carbocycles. The van der Waals surface area contributed by atoms with Gasteiger partial charge in [-0.05, 0) is 131 Å². The number of rotatable bonds is 51. The largest absolute Gasteiger partial charge is 0.508 e. The van der Waals surface area contributed by atoms with Crippen LogP contribution in [0, 0.1) is 23.5 Å². The smallest absolute Gasteiger partial charge is 0.303 e. The maximum atomic E-state index is 15.3. The minimum Gasteiger partial charge on any atom is -0.508 e. The van der Waals surface area contributed by atoms with E-state index in [9.17, 15) is 101 Å². The number of para-hydroxylation sites is 1. The normalized spacial score (nSPS) is 15.0. The number of primary amides is 2. The van der Waals surface area contributed by atoms with Crippen molar-refractivity contribution in [1.82, 2.24) is 84.1 Å². The van der Waals surface area contributed by atoms with Crippen molar-refractivity contribution in [3.05, 3.63) is 119 Å². The molecule has 0 radical (unpaired) electrons. The zero-order chi connectivity index (χ0) is 90.1. The van der Waals surface area contributed by atoms with E-state index < -0.39 is 254 Å². The highest BCUT2D eigenvalue weighted by atomic mass is 19.2. The minimum atomic E-state index is -1.95. The number of hydrogen-bond donors (Lipinski definition) is 23. The molecule has 15 amide bonds. The van der Waals surface area contributed by atoms with Crippen LogP contribution in [0.2, 0.25) is 0 Å². The molecule has 2 heterocycles. The van der Waals surface area contributed by atoms with Gasteiger partial charge in [0.15, 0.2) is 11.6 Å². The van der Waals surface area contributed by atoms with Crippen molar-refractivity contribution in [3.63, 3.8) is 0 Å². The summed E-state index contributed by atoms with van der Waals surface area (Å²) in [6.07, 6.45) is -3.12. The number of carbonyl (C=O) groups excluding carboxylic acids is 15. The zero-order valence-corrected chi connectivity index (χ0v) is 68.2. The highest BCUT2D eigenvalue weighted by Gasteiger charge is 2.40. The van der Waals surface area contributed by atoms with E-state index in [0.717, 1.165) is 26.8 Å². The van der Waals surface area contributed by atoms with E-state index in [1.165, 1.54) is 49.9 Å². The Morgan fingerprint density at radius 1 is 0.463 bits per heavy atom. The number of amides is 15. The number of aliphatic carboxylic acids is 1. The molecule has 0 bridgehead atoms. The lowest BCUT2D eigenvalue weighted by Crippen LogP contribution is -2.62.